The van der Waals surface area contributed by atoms with Crippen LogP contribution in [0, 0.1) is 11.3 Å². The number of hydrogen-bond acceptors (Lipinski definition) is 3. The van der Waals surface area contributed by atoms with E-state index in [-0.39, 0.29) is 0 Å². The third-order valence-corrected chi connectivity index (χ3v) is 5.74. The molecule has 0 radical (unpaired) electrons. The van der Waals surface area contributed by atoms with Crippen LogP contribution in [-0.4, -0.2) is 43.6 Å². The fourth-order valence-electron chi connectivity index (χ4n) is 4.02. The Morgan fingerprint density at radius 3 is 2.43 bits per heavy atom. The maximum atomic E-state index is 8.89. The Kier molecular flexibility index (Phi) is 8.57. The molecule has 1 heterocycles. The van der Waals surface area contributed by atoms with Gasteiger partial charge in [0.15, 0.2) is 5.96 Å². The summed E-state index contributed by atoms with van der Waals surface area (Å²) in [5, 5.41) is 8.89. The zero-order valence-corrected chi connectivity index (χ0v) is 18.2. The van der Waals surface area contributed by atoms with Crippen LogP contribution in [0.4, 0.5) is 5.69 Å². The normalized spacial score (nSPS) is 14.5. The fraction of sp³-hybridized carbons (Fsp3) is 0.480. The van der Waals surface area contributed by atoms with Gasteiger partial charge in [0.1, 0.15) is 5.75 Å². The summed E-state index contributed by atoms with van der Waals surface area (Å²) in [5.74, 6) is 2.17. The summed E-state index contributed by atoms with van der Waals surface area (Å²) >= 11 is 0. The van der Waals surface area contributed by atoms with Crippen LogP contribution in [0.3, 0.4) is 0 Å². The third-order valence-electron chi connectivity index (χ3n) is 5.74. The number of rotatable bonds is 9. The monoisotopic (exact) mass is 408 g/mol. The summed E-state index contributed by atoms with van der Waals surface area (Å²) in [6.45, 7) is 6.09. The topological polar surface area (TPSA) is 65.6 Å². The molecule has 0 spiro atoms. The highest BCUT2D eigenvalue weighted by Crippen LogP contribution is 2.25. The standard InChI is InChI=1S/C25H36N4O/c1-2-19-30-24-11-9-23(10-12-24)29(16-6-15-26)25(27)28-17-13-22(14-18-28)20-21-7-4-3-5-8-21/h3-5,7-12,22,27H,2,6,13-20,26H2,1H3. The minimum absolute atomic E-state index is 0.587. The van der Waals surface area contributed by atoms with Crippen LogP contribution in [0.1, 0.15) is 38.2 Å². The van der Waals surface area contributed by atoms with Gasteiger partial charge in [0, 0.05) is 25.3 Å². The molecule has 0 saturated carbocycles. The smallest absolute Gasteiger partial charge is 0.198 e. The zero-order valence-electron chi connectivity index (χ0n) is 18.2. The molecule has 0 aliphatic carbocycles. The van der Waals surface area contributed by atoms with Crippen LogP contribution in [0.2, 0.25) is 0 Å². The van der Waals surface area contributed by atoms with E-state index in [1.54, 1.807) is 0 Å². The lowest BCUT2D eigenvalue weighted by Gasteiger charge is -2.38. The number of nitrogens with one attached hydrogen (secondary N) is 1. The van der Waals surface area contributed by atoms with E-state index in [0.717, 1.165) is 69.8 Å². The number of nitrogens with zero attached hydrogens (tertiary/aromatic N) is 2. The fourth-order valence-corrected chi connectivity index (χ4v) is 4.02. The minimum atomic E-state index is 0.587. The van der Waals surface area contributed by atoms with Gasteiger partial charge in [-0.1, -0.05) is 37.3 Å². The van der Waals surface area contributed by atoms with E-state index < -0.39 is 0 Å². The van der Waals surface area contributed by atoms with Gasteiger partial charge in [-0.2, -0.15) is 0 Å². The van der Waals surface area contributed by atoms with Crippen molar-refractivity contribution in [3.8, 4) is 5.75 Å². The SMILES string of the molecule is CCCOc1ccc(N(CCCN)C(=N)N2CCC(Cc3ccccc3)CC2)cc1. The first-order valence-corrected chi connectivity index (χ1v) is 11.3. The second-order valence-electron chi connectivity index (χ2n) is 8.08. The molecule has 3 N–H and O–H groups in total. The number of piperidine rings is 1. The number of ether oxygens (including phenoxy) is 1. The molecule has 0 aromatic heterocycles. The summed E-state index contributed by atoms with van der Waals surface area (Å²) in [4.78, 5) is 4.31. The Balaban J connectivity index is 1.60. The minimum Gasteiger partial charge on any atom is -0.494 e. The van der Waals surface area contributed by atoms with E-state index in [9.17, 15) is 0 Å². The first-order valence-electron chi connectivity index (χ1n) is 11.3. The van der Waals surface area contributed by atoms with Gasteiger partial charge >= 0.3 is 0 Å². The van der Waals surface area contributed by atoms with Crippen molar-refractivity contribution >= 4 is 11.6 Å². The Morgan fingerprint density at radius 1 is 1.10 bits per heavy atom. The highest BCUT2D eigenvalue weighted by molar-refractivity contribution is 5.93. The van der Waals surface area contributed by atoms with E-state index >= 15 is 0 Å². The van der Waals surface area contributed by atoms with E-state index in [4.69, 9.17) is 15.9 Å². The molecule has 1 fully saturated rings. The molecule has 1 aliphatic heterocycles. The first-order chi connectivity index (χ1) is 14.7. The van der Waals surface area contributed by atoms with Crippen molar-refractivity contribution in [2.75, 3.05) is 37.7 Å². The van der Waals surface area contributed by atoms with Crippen molar-refractivity contribution in [2.45, 2.75) is 39.0 Å². The maximum absolute atomic E-state index is 8.89. The van der Waals surface area contributed by atoms with Gasteiger partial charge in [-0.05, 0) is 74.4 Å². The van der Waals surface area contributed by atoms with Crippen LogP contribution in [-0.2, 0) is 6.42 Å². The Bertz CT molecular complexity index is 754. The third kappa shape index (κ3) is 6.23. The highest BCUT2D eigenvalue weighted by atomic mass is 16.5. The van der Waals surface area contributed by atoms with E-state index in [1.807, 2.05) is 12.1 Å². The molecule has 2 aromatic carbocycles. The molecule has 2 aromatic rings. The highest BCUT2D eigenvalue weighted by Gasteiger charge is 2.24. The largest absolute Gasteiger partial charge is 0.494 e. The van der Waals surface area contributed by atoms with Gasteiger partial charge in [-0.15, -0.1) is 0 Å². The van der Waals surface area contributed by atoms with Crippen molar-refractivity contribution in [2.24, 2.45) is 11.7 Å². The number of hydrogen-bond donors (Lipinski definition) is 2. The number of anilines is 1. The molecule has 0 atom stereocenters. The lowest BCUT2D eigenvalue weighted by molar-refractivity contribution is 0.261. The Morgan fingerprint density at radius 2 is 1.80 bits per heavy atom. The molecule has 162 valence electrons. The molecule has 30 heavy (non-hydrogen) atoms. The lowest BCUT2D eigenvalue weighted by Crippen LogP contribution is -2.48. The van der Waals surface area contributed by atoms with Gasteiger partial charge in [0.2, 0.25) is 0 Å². The van der Waals surface area contributed by atoms with Crippen molar-refractivity contribution in [3.05, 3.63) is 60.2 Å². The van der Waals surface area contributed by atoms with Crippen LogP contribution in [0.5, 0.6) is 5.75 Å². The predicted molar refractivity (Wildman–Crippen MR) is 125 cm³/mol. The number of guanidine groups is 1. The van der Waals surface area contributed by atoms with Crippen molar-refractivity contribution < 1.29 is 4.74 Å². The van der Waals surface area contributed by atoms with Crippen LogP contribution in [0.25, 0.3) is 0 Å². The van der Waals surface area contributed by atoms with Crippen LogP contribution in [0.15, 0.2) is 54.6 Å². The molecule has 5 nitrogen and oxygen atoms in total. The van der Waals surface area contributed by atoms with Crippen LogP contribution < -0.4 is 15.4 Å². The average Bonchev–Trinajstić information content (AvgIpc) is 2.80. The molecule has 3 rings (SSSR count). The lowest BCUT2D eigenvalue weighted by atomic mass is 9.90. The predicted octanol–water partition coefficient (Wildman–Crippen LogP) is 4.52. The first kappa shape index (κ1) is 22.2. The summed E-state index contributed by atoms with van der Waals surface area (Å²) < 4.78 is 5.71. The summed E-state index contributed by atoms with van der Waals surface area (Å²) in [5.41, 5.74) is 8.22. The number of nitrogens with two attached hydrogens (primary N) is 1. The molecule has 1 aliphatic rings. The van der Waals surface area contributed by atoms with Gasteiger partial charge in [-0.25, -0.2) is 0 Å². The second kappa shape index (κ2) is 11.6. The Labute approximate surface area is 181 Å². The van der Waals surface area contributed by atoms with Crippen LogP contribution >= 0.6 is 0 Å². The summed E-state index contributed by atoms with van der Waals surface area (Å²) in [6, 6.07) is 18.9. The molecule has 0 amide bonds. The van der Waals surface area contributed by atoms with Gasteiger partial charge in [0.25, 0.3) is 0 Å². The maximum Gasteiger partial charge on any atom is 0.198 e. The Hall–Kier alpha value is -2.53. The van der Waals surface area contributed by atoms with E-state index in [0.29, 0.717) is 18.4 Å². The van der Waals surface area contributed by atoms with Crippen molar-refractivity contribution in [1.29, 1.82) is 5.41 Å². The van der Waals surface area contributed by atoms with Crippen molar-refractivity contribution in [3.63, 3.8) is 0 Å². The molecule has 5 heteroatoms. The molecule has 0 bridgehead atoms. The number of likely N-dealkylation sites (tertiary alicyclic amines) is 1. The second-order valence-corrected chi connectivity index (χ2v) is 8.08. The zero-order chi connectivity index (χ0) is 21.2. The molecular weight excluding hydrogens is 372 g/mol. The molecular formula is C25H36N4O. The van der Waals surface area contributed by atoms with Gasteiger partial charge < -0.3 is 20.3 Å². The summed E-state index contributed by atoms with van der Waals surface area (Å²) in [7, 11) is 0. The molecule has 0 unspecified atom stereocenters. The van der Waals surface area contributed by atoms with E-state index in [2.05, 4.69) is 59.2 Å². The summed E-state index contributed by atoms with van der Waals surface area (Å²) in [6.07, 6.45) is 5.26. The van der Waals surface area contributed by atoms with Crippen molar-refractivity contribution in [1.82, 2.24) is 4.90 Å². The van der Waals surface area contributed by atoms with E-state index in [1.165, 1.54) is 5.56 Å². The number of benzene rings is 2. The average molecular weight is 409 g/mol. The van der Waals surface area contributed by atoms with Gasteiger partial charge in [0.05, 0.1) is 6.61 Å². The quantitative estimate of drug-likeness (QED) is 0.473. The molecule has 1 saturated heterocycles. The van der Waals surface area contributed by atoms with Gasteiger partial charge in [-0.3, -0.25) is 5.41 Å².